The number of likely N-dealkylation sites (N-methyl/N-ethyl adjacent to an activating group) is 1. The van der Waals surface area contributed by atoms with Gasteiger partial charge in [0.05, 0.1) is 0 Å². The molecular weight excluding hydrogens is 312 g/mol. The first-order chi connectivity index (χ1) is 9.62. The first-order valence-electron chi connectivity index (χ1n) is 7.87. The lowest BCUT2D eigenvalue weighted by Gasteiger charge is -2.45. The second kappa shape index (κ2) is 7.06. The van der Waals surface area contributed by atoms with Crippen LogP contribution in [0.5, 0.6) is 0 Å². The van der Waals surface area contributed by atoms with Crippen LogP contribution in [-0.4, -0.2) is 29.6 Å². The number of nitrogens with two attached hydrogens (primary N) is 1. The van der Waals surface area contributed by atoms with Crippen molar-refractivity contribution in [2.45, 2.75) is 57.5 Å². The van der Waals surface area contributed by atoms with E-state index in [1.165, 1.54) is 31.2 Å². The molecule has 0 aromatic heterocycles. The topological polar surface area (TPSA) is 29.3 Å². The molecular formula is C17H27BrN2. The van der Waals surface area contributed by atoms with E-state index in [9.17, 15) is 0 Å². The van der Waals surface area contributed by atoms with Gasteiger partial charge in [0.1, 0.15) is 0 Å². The van der Waals surface area contributed by atoms with Crippen molar-refractivity contribution in [3.63, 3.8) is 0 Å². The lowest BCUT2D eigenvalue weighted by atomic mass is 9.83. The van der Waals surface area contributed by atoms with Gasteiger partial charge in [-0.15, -0.1) is 0 Å². The van der Waals surface area contributed by atoms with Crippen LogP contribution >= 0.6 is 15.9 Å². The van der Waals surface area contributed by atoms with Crippen molar-refractivity contribution in [1.29, 1.82) is 0 Å². The Balaban J connectivity index is 2.17. The van der Waals surface area contributed by atoms with Crippen molar-refractivity contribution in [3.8, 4) is 0 Å². The molecule has 0 bridgehead atoms. The van der Waals surface area contributed by atoms with Crippen LogP contribution in [0.4, 0.5) is 0 Å². The third kappa shape index (κ3) is 3.26. The average molecular weight is 339 g/mol. The highest BCUT2D eigenvalue weighted by Gasteiger charge is 2.43. The zero-order valence-electron chi connectivity index (χ0n) is 12.7. The maximum Gasteiger partial charge on any atom is 0.0363 e. The van der Waals surface area contributed by atoms with Gasteiger partial charge in [-0.2, -0.15) is 0 Å². The molecule has 1 aromatic carbocycles. The van der Waals surface area contributed by atoms with Gasteiger partial charge in [0, 0.05) is 16.1 Å². The molecule has 0 heterocycles. The Morgan fingerprint density at radius 2 is 1.90 bits per heavy atom. The Morgan fingerprint density at radius 3 is 2.45 bits per heavy atom. The lowest BCUT2D eigenvalue weighted by Crippen LogP contribution is -2.59. The molecule has 0 amide bonds. The molecule has 1 aromatic rings. The highest BCUT2D eigenvalue weighted by atomic mass is 79.9. The van der Waals surface area contributed by atoms with Gasteiger partial charge in [-0.25, -0.2) is 0 Å². The van der Waals surface area contributed by atoms with Crippen molar-refractivity contribution < 1.29 is 0 Å². The normalized spacial score (nSPS) is 19.4. The molecule has 2 nitrogen and oxygen atoms in total. The van der Waals surface area contributed by atoms with Crippen LogP contribution in [0.3, 0.4) is 0 Å². The first kappa shape index (κ1) is 16.0. The van der Waals surface area contributed by atoms with Crippen LogP contribution in [0.2, 0.25) is 0 Å². The number of hydrogen-bond donors (Lipinski definition) is 1. The molecule has 1 saturated carbocycles. The molecule has 0 saturated heterocycles. The van der Waals surface area contributed by atoms with Gasteiger partial charge in [0.2, 0.25) is 0 Å². The first-order valence-corrected chi connectivity index (χ1v) is 8.66. The van der Waals surface area contributed by atoms with Crippen LogP contribution < -0.4 is 5.73 Å². The molecule has 2 N–H and O–H groups in total. The van der Waals surface area contributed by atoms with E-state index >= 15 is 0 Å². The van der Waals surface area contributed by atoms with Crippen molar-refractivity contribution >= 4 is 15.9 Å². The molecule has 2 rings (SSSR count). The molecule has 0 spiro atoms. The Bertz CT molecular complexity index is 423. The second-order valence-electron chi connectivity index (χ2n) is 5.92. The Hall–Kier alpha value is -0.380. The third-order valence-corrected chi connectivity index (χ3v) is 5.39. The summed E-state index contributed by atoms with van der Waals surface area (Å²) in [5.41, 5.74) is 8.24. The smallest absolute Gasteiger partial charge is 0.0363 e. The van der Waals surface area contributed by atoms with Crippen molar-refractivity contribution in [2.75, 3.05) is 13.1 Å². The molecule has 0 radical (unpaired) electrons. The zero-order valence-corrected chi connectivity index (χ0v) is 14.3. The summed E-state index contributed by atoms with van der Waals surface area (Å²) in [4.78, 5) is 2.60. The Labute approximate surface area is 131 Å². The molecule has 1 aliphatic carbocycles. The van der Waals surface area contributed by atoms with E-state index in [-0.39, 0.29) is 11.6 Å². The molecule has 1 unspecified atom stereocenters. The maximum atomic E-state index is 6.69. The third-order valence-electron chi connectivity index (χ3n) is 4.90. The van der Waals surface area contributed by atoms with Crippen molar-refractivity contribution in [2.24, 2.45) is 5.73 Å². The maximum absolute atomic E-state index is 6.69. The number of hydrogen-bond acceptors (Lipinski definition) is 2. The summed E-state index contributed by atoms with van der Waals surface area (Å²) in [7, 11) is 0. The molecule has 1 fully saturated rings. The van der Waals surface area contributed by atoms with E-state index in [0.717, 1.165) is 24.0 Å². The van der Waals surface area contributed by atoms with E-state index < -0.39 is 0 Å². The van der Waals surface area contributed by atoms with Crippen LogP contribution in [0.25, 0.3) is 0 Å². The van der Waals surface area contributed by atoms with Gasteiger partial charge in [0.15, 0.2) is 0 Å². The van der Waals surface area contributed by atoms with E-state index in [1.807, 2.05) is 0 Å². The fourth-order valence-corrected chi connectivity index (χ4v) is 4.32. The molecule has 20 heavy (non-hydrogen) atoms. The van der Waals surface area contributed by atoms with Crippen LogP contribution in [0.1, 0.15) is 45.1 Å². The van der Waals surface area contributed by atoms with E-state index in [2.05, 4.69) is 58.9 Å². The zero-order chi connectivity index (χ0) is 14.6. The average Bonchev–Trinajstić information content (AvgIpc) is 2.91. The summed E-state index contributed by atoms with van der Waals surface area (Å²) >= 11 is 3.55. The van der Waals surface area contributed by atoms with Gasteiger partial charge in [-0.3, -0.25) is 4.90 Å². The summed E-state index contributed by atoms with van der Waals surface area (Å²) in [6.07, 6.45) is 6.12. The quantitative estimate of drug-likeness (QED) is 0.850. The van der Waals surface area contributed by atoms with Gasteiger partial charge < -0.3 is 5.73 Å². The lowest BCUT2D eigenvalue weighted by molar-refractivity contribution is 0.0772. The highest BCUT2D eigenvalue weighted by molar-refractivity contribution is 9.10. The molecule has 0 aliphatic heterocycles. The summed E-state index contributed by atoms with van der Waals surface area (Å²) in [6, 6.07) is 8.79. The summed E-state index contributed by atoms with van der Waals surface area (Å²) < 4.78 is 1.14. The number of halogens is 1. The minimum atomic E-state index is 0.214. The Morgan fingerprint density at radius 1 is 1.25 bits per heavy atom. The summed E-state index contributed by atoms with van der Waals surface area (Å²) in [5, 5.41) is 0. The highest BCUT2D eigenvalue weighted by Crippen LogP contribution is 2.38. The minimum Gasteiger partial charge on any atom is -0.326 e. The van der Waals surface area contributed by atoms with Crippen molar-refractivity contribution in [1.82, 2.24) is 4.90 Å². The fraction of sp³-hybridized carbons (Fsp3) is 0.647. The van der Waals surface area contributed by atoms with E-state index in [4.69, 9.17) is 5.73 Å². The standard InChI is InChI=1S/C17H27BrN2/c1-3-20(4-2)17(10-5-6-11-17)16(19)13-14-8-7-9-15(18)12-14/h7-9,12,16H,3-6,10-11,13,19H2,1-2H3. The fourth-order valence-electron chi connectivity index (χ4n) is 3.87. The van der Waals surface area contributed by atoms with Gasteiger partial charge in [0.25, 0.3) is 0 Å². The van der Waals surface area contributed by atoms with Gasteiger partial charge in [-0.1, -0.05) is 54.8 Å². The van der Waals surface area contributed by atoms with Crippen molar-refractivity contribution in [3.05, 3.63) is 34.3 Å². The number of rotatable bonds is 6. The predicted molar refractivity (Wildman–Crippen MR) is 89.9 cm³/mol. The summed E-state index contributed by atoms with van der Waals surface area (Å²) in [6.45, 7) is 6.72. The Kier molecular flexibility index (Phi) is 5.65. The van der Waals surface area contributed by atoms with Gasteiger partial charge in [-0.05, 0) is 50.0 Å². The molecule has 1 aliphatic rings. The van der Waals surface area contributed by atoms with Crippen LogP contribution in [-0.2, 0) is 6.42 Å². The molecule has 1 atom stereocenters. The van der Waals surface area contributed by atoms with Crippen LogP contribution in [0, 0.1) is 0 Å². The number of nitrogens with zero attached hydrogens (tertiary/aromatic N) is 1. The second-order valence-corrected chi connectivity index (χ2v) is 6.84. The molecule has 112 valence electrons. The molecule has 3 heteroatoms. The largest absolute Gasteiger partial charge is 0.326 e. The summed E-state index contributed by atoms with van der Waals surface area (Å²) in [5.74, 6) is 0. The van der Waals surface area contributed by atoms with E-state index in [1.54, 1.807) is 0 Å². The SMILES string of the molecule is CCN(CC)C1(C(N)Cc2cccc(Br)c2)CCCC1. The van der Waals surface area contributed by atoms with Gasteiger partial charge >= 0.3 is 0 Å². The monoisotopic (exact) mass is 338 g/mol. The van der Waals surface area contributed by atoms with E-state index in [0.29, 0.717) is 0 Å². The van der Waals surface area contributed by atoms with Crippen LogP contribution in [0.15, 0.2) is 28.7 Å². The minimum absolute atomic E-state index is 0.214. The number of benzene rings is 1. The predicted octanol–water partition coefficient (Wildman–Crippen LogP) is 3.97.